The van der Waals surface area contributed by atoms with Gasteiger partial charge in [0.15, 0.2) is 5.78 Å². The van der Waals surface area contributed by atoms with Crippen LogP contribution in [-0.4, -0.2) is 31.0 Å². The fraction of sp³-hybridized carbons (Fsp3) is 0.0769. The van der Waals surface area contributed by atoms with Gasteiger partial charge < -0.3 is 0 Å². The minimum Gasteiger partial charge on any atom is -0.289 e. The van der Waals surface area contributed by atoms with E-state index in [4.69, 9.17) is 16.7 Å². The van der Waals surface area contributed by atoms with E-state index in [1.165, 1.54) is 17.4 Å². The van der Waals surface area contributed by atoms with E-state index in [2.05, 4.69) is 0 Å². The molecule has 1 aromatic heterocycles. The summed E-state index contributed by atoms with van der Waals surface area (Å²) in [6, 6.07) is 21.2. The highest BCUT2D eigenvalue weighted by Crippen LogP contribution is 2.43. The highest BCUT2D eigenvalue weighted by Gasteiger charge is 2.36. The molecule has 34 heavy (non-hydrogen) atoms. The molecule has 0 saturated heterocycles. The van der Waals surface area contributed by atoms with Crippen molar-refractivity contribution in [2.75, 3.05) is 11.4 Å². The molecule has 0 atom stereocenters. The van der Waals surface area contributed by atoms with Crippen molar-refractivity contribution in [1.29, 1.82) is 0 Å². The third-order valence-corrected chi connectivity index (χ3v) is 7.90. The van der Waals surface area contributed by atoms with Crippen LogP contribution >= 0.6 is 11.6 Å². The van der Waals surface area contributed by atoms with E-state index in [0.29, 0.717) is 33.2 Å². The number of rotatable bonds is 4. The van der Waals surface area contributed by atoms with Crippen LogP contribution in [0, 0.1) is 6.92 Å². The Morgan fingerprint density at radius 3 is 2.47 bits per heavy atom. The molecule has 0 amide bonds. The Kier molecular flexibility index (Phi) is 5.38. The van der Waals surface area contributed by atoms with Gasteiger partial charge in [-0.15, -0.1) is 0 Å². The molecule has 3 aromatic carbocycles. The van der Waals surface area contributed by atoms with E-state index < -0.39 is 10.0 Å². The number of aromatic nitrogens is 2. The average Bonchev–Trinajstić information content (AvgIpc) is 3.18. The van der Waals surface area contributed by atoms with Crippen LogP contribution in [0.3, 0.4) is 0 Å². The van der Waals surface area contributed by atoms with Crippen LogP contribution in [0.2, 0.25) is 5.02 Å². The average molecular weight is 490 g/mol. The van der Waals surface area contributed by atoms with Gasteiger partial charge in [-0.2, -0.15) is 5.10 Å². The third kappa shape index (κ3) is 3.63. The van der Waals surface area contributed by atoms with Crippen molar-refractivity contribution in [2.45, 2.75) is 11.8 Å². The van der Waals surface area contributed by atoms with Crippen molar-refractivity contribution in [3.05, 3.63) is 101 Å². The standard InChI is InChI=1S/C26H20ClN3O3S/c1-17-26-25(22-8-3-4-9-24(22)34(32,33)29(26)2)28-30(17)21-13-11-19(12-14-21)23(31)15-10-18-6-5-7-20(27)16-18/h3-16H,1-2H3/b15-10+. The van der Waals surface area contributed by atoms with Crippen LogP contribution in [-0.2, 0) is 10.0 Å². The summed E-state index contributed by atoms with van der Waals surface area (Å²) >= 11 is 5.99. The summed E-state index contributed by atoms with van der Waals surface area (Å²) in [4.78, 5) is 12.9. The Hall–Kier alpha value is -3.68. The lowest BCUT2D eigenvalue weighted by Gasteiger charge is -2.26. The van der Waals surface area contributed by atoms with Gasteiger partial charge in [-0.3, -0.25) is 9.10 Å². The van der Waals surface area contributed by atoms with Crippen LogP contribution in [0.25, 0.3) is 23.0 Å². The number of carbonyl (C=O) groups is 1. The van der Waals surface area contributed by atoms with E-state index in [-0.39, 0.29) is 10.7 Å². The highest BCUT2D eigenvalue weighted by atomic mass is 35.5. The Morgan fingerprint density at radius 1 is 1.00 bits per heavy atom. The van der Waals surface area contributed by atoms with Crippen molar-refractivity contribution < 1.29 is 13.2 Å². The number of hydrogen-bond donors (Lipinski definition) is 0. The van der Waals surface area contributed by atoms with Gasteiger partial charge in [0.1, 0.15) is 11.4 Å². The van der Waals surface area contributed by atoms with Crippen LogP contribution in [0.15, 0.2) is 83.8 Å². The predicted octanol–water partition coefficient (Wildman–Crippen LogP) is 5.54. The number of nitrogens with zero attached hydrogens (tertiary/aromatic N) is 3. The number of allylic oxidation sites excluding steroid dienone is 1. The quantitative estimate of drug-likeness (QED) is 0.279. The summed E-state index contributed by atoms with van der Waals surface area (Å²) in [5.41, 5.74) is 4.52. The van der Waals surface area contributed by atoms with Crippen molar-refractivity contribution in [3.63, 3.8) is 0 Å². The molecular formula is C26H20ClN3O3S. The van der Waals surface area contributed by atoms with Gasteiger partial charge in [0.05, 0.1) is 16.3 Å². The zero-order chi connectivity index (χ0) is 24.0. The number of benzene rings is 3. The van der Waals surface area contributed by atoms with Gasteiger partial charge in [0, 0.05) is 23.2 Å². The van der Waals surface area contributed by atoms with E-state index in [9.17, 15) is 13.2 Å². The van der Waals surface area contributed by atoms with E-state index in [1.54, 1.807) is 71.4 Å². The molecule has 8 heteroatoms. The van der Waals surface area contributed by atoms with E-state index >= 15 is 0 Å². The smallest absolute Gasteiger partial charge is 0.264 e. The monoisotopic (exact) mass is 489 g/mol. The lowest BCUT2D eigenvalue weighted by Crippen LogP contribution is -2.30. The largest absolute Gasteiger partial charge is 0.289 e. The maximum atomic E-state index is 13.0. The molecule has 0 radical (unpaired) electrons. The first kappa shape index (κ1) is 22.1. The lowest BCUT2D eigenvalue weighted by atomic mass is 10.1. The molecule has 1 aliphatic heterocycles. The molecule has 5 rings (SSSR count). The Balaban J connectivity index is 1.48. The molecule has 1 aliphatic rings. The number of ketones is 1. The van der Waals surface area contributed by atoms with Gasteiger partial charge in [0.2, 0.25) is 0 Å². The zero-order valence-corrected chi connectivity index (χ0v) is 20.0. The van der Waals surface area contributed by atoms with Crippen molar-refractivity contribution in [2.24, 2.45) is 0 Å². The predicted molar refractivity (Wildman–Crippen MR) is 134 cm³/mol. The van der Waals surface area contributed by atoms with Crippen molar-refractivity contribution >= 4 is 39.2 Å². The number of halogens is 1. The normalized spacial score (nSPS) is 14.1. The summed E-state index contributed by atoms with van der Waals surface area (Å²) in [5.74, 6) is -0.136. The Bertz CT molecular complexity index is 1570. The van der Waals surface area contributed by atoms with Crippen LogP contribution in [0.5, 0.6) is 0 Å². The molecule has 0 fully saturated rings. The molecule has 0 N–H and O–H groups in total. The van der Waals surface area contributed by atoms with Crippen LogP contribution in [0.1, 0.15) is 21.6 Å². The molecule has 0 unspecified atom stereocenters. The SMILES string of the molecule is Cc1c2c(nn1-c1ccc(C(=O)/C=C/c3cccc(Cl)c3)cc1)-c1ccccc1S(=O)(=O)N2C. The first-order valence-electron chi connectivity index (χ1n) is 10.5. The maximum Gasteiger partial charge on any atom is 0.264 e. The molecule has 0 aliphatic carbocycles. The molecule has 4 aromatic rings. The minimum absolute atomic E-state index is 0.136. The second kappa shape index (κ2) is 8.27. The molecule has 2 heterocycles. The second-order valence-electron chi connectivity index (χ2n) is 7.96. The lowest BCUT2D eigenvalue weighted by molar-refractivity contribution is 0.104. The van der Waals surface area contributed by atoms with Crippen LogP contribution in [0.4, 0.5) is 5.69 Å². The number of sulfonamides is 1. The second-order valence-corrected chi connectivity index (χ2v) is 10.3. The summed E-state index contributed by atoms with van der Waals surface area (Å²) < 4.78 is 29.0. The van der Waals surface area contributed by atoms with Crippen molar-refractivity contribution in [3.8, 4) is 16.9 Å². The minimum atomic E-state index is -3.66. The topological polar surface area (TPSA) is 72.3 Å². The molecule has 0 spiro atoms. The highest BCUT2D eigenvalue weighted by molar-refractivity contribution is 7.93. The fourth-order valence-electron chi connectivity index (χ4n) is 4.10. The number of hydrogen-bond acceptors (Lipinski definition) is 4. The molecule has 6 nitrogen and oxygen atoms in total. The summed E-state index contributed by atoms with van der Waals surface area (Å²) in [6.07, 6.45) is 3.23. The van der Waals surface area contributed by atoms with Crippen LogP contribution < -0.4 is 4.31 Å². The summed E-state index contributed by atoms with van der Waals surface area (Å²) in [7, 11) is -2.12. The van der Waals surface area contributed by atoms with Gasteiger partial charge in [-0.05, 0) is 61.0 Å². The fourth-order valence-corrected chi connectivity index (χ4v) is 5.75. The van der Waals surface area contributed by atoms with E-state index in [1.807, 2.05) is 19.1 Å². The van der Waals surface area contributed by atoms with Gasteiger partial charge in [-0.1, -0.05) is 48.0 Å². The molecular weight excluding hydrogens is 470 g/mol. The van der Waals surface area contributed by atoms with Crippen molar-refractivity contribution in [1.82, 2.24) is 9.78 Å². The number of fused-ring (bicyclic) bond motifs is 3. The first-order chi connectivity index (χ1) is 16.3. The Morgan fingerprint density at radius 2 is 1.74 bits per heavy atom. The first-order valence-corrected chi connectivity index (χ1v) is 12.4. The maximum absolute atomic E-state index is 13.0. The third-order valence-electron chi connectivity index (χ3n) is 5.85. The van der Waals surface area contributed by atoms with Gasteiger partial charge >= 0.3 is 0 Å². The molecule has 0 bridgehead atoms. The van der Waals surface area contributed by atoms with Gasteiger partial charge in [0.25, 0.3) is 10.0 Å². The number of anilines is 1. The molecule has 0 saturated carbocycles. The van der Waals surface area contributed by atoms with Gasteiger partial charge in [-0.25, -0.2) is 13.1 Å². The summed E-state index contributed by atoms with van der Waals surface area (Å²) in [5, 5.41) is 5.34. The Labute approximate surface area is 202 Å². The zero-order valence-electron chi connectivity index (χ0n) is 18.4. The van der Waals surface area contributed by atoms with E-state index in [0.717, 1.165) is 11.3 Å². The molecule has 170 valence electrons. The number of carbonyl (C=O) groups excluding carboxylic acids is 1. The summed E-state index contributed by atoms with van der Waals surface area (Å²) in [6.45, 7) is 1.83.